The summed E-state index contributed by atoms with van der Waals surface area (Å²) in [5.74, 6) is -0.677. The molecule has 140 valence electrons. The van der Waals surface area contributed by atoms with Crippen molar-refractivity contribution in [2.24, 2.45) is 0 Å². The number of likely N-dealkylation sites (N-methyl/N-ethyl adjacent to an activating group) is 1. The van der Waals surface area contributed by atoms with Crippen molar-refractivity contribution in [1.82, 2.24) is 0 Å². The summed E-state index contributed by atoms with van der Waals surface area (Å²) in [5.41, 5.74) is -2.70. The van der Waals surface area contributed by atoms with Gasteiger partial charge in [-0.2, -0.15) is 26.3 Å². The number of nitrogens with zero attached hydrogens (tertiary/aromatic N) is 1. The molecule has 26 heavy (non-hydrogen) atoms. The molecule has 4 nitrogen and oxygen atoms in total. The van der Waals surface area contributed by atoms with Gasteiger partial charge in [-0.15, -0.1) is 0 Å². The van der Waals surface area contributed by atoms with Crippen molar-refractivity contribution in [1.29, 1.82) is 0 Å². The second-order valence-electron chi connectivity index (χ2n) is 6.10. The highest BCUT2D eigenvalue weighted by Crippen LogP contribution is 2.49. The van der Waals surface area contributed by atoms with E-state index in [4.69, 9.17) is 0 Å². The molecule has 0 saturated heterocycles. The Morgan fingerprint density at radius 2 is 1.92 bits per heavy atom. The molecule has 2 aliphatic heterocycles. The molecule has 0 saturated carbocycles. The predicted octanol–water partition coefficient (Wildman–Crippen LogP) is 3.80. The van der Waals surface area contributed by atoms with Gasteiger partial charge in [0.2, 0.25) is 5.91 Å². The Bertz CT molecular complexity index is 826. The molecule has 1 amide bonds. The molecule has 1 aromatic rings. The van der Waals surface area contributed by atoms with Gasteiger partial charge in [0.25, 0.3) is 0 Å². The number of anilines is 2. The van der Waals surface area contributed by atoms with Crippen molar-refractivity contribution in [3.63, 3.8) is 0 Å². The van der Waals surface area contributed by atoms with E-state index in [1.165, 1.54) is 19.2 Å². The van der Waals surface area contributed by atoms with Crippen LogP contribution in [-0.4, -0.2) is 31.5 Å². The van der Waals surface area contributed by atoms with Crippen LogP contribution < -0.4 is 10.2 Å². The van der Waals surface area contributed by atoms with Crippen molar-refractivity contribution < 1.29 is 35.9 Å². The van der Waals surface area contributed by atoms with Crippen LogP contribution in [0.3, 0.4) is 0 Å². The standard InChI is InChI=1S/C16H12F6N2O2/c1-24-7(5-15(17,18)19)2-3-8-9-4-11(26)23-13(9)12(16(20,21)22)10(6-25)14(8)24/h2-3,6-7H,4-5H2,1H3,(H,23,26). The number of hydrogen-bond donors (Lipinski definition) is 1. The quantitative estimate of drug-likeness (QED) is 0.629. The van der Waals surface area contributed by atoms with E-state index in [1.807, 2.05) is 0 Å². The Labute approximate surface area is 143 Å². The number of carbonyl (C=O) groups is 2. The maximum Gasteiger partial charge on any atom is 0.419 e. The summed E-state index contributed by atoms with van der Waals surface area (Å²) in [6, 6.07) is -1.26. The number of hydrogen-bond acceptors (Lipinski definition) is 3. The molecule has 1 aromatic carbocycles. The number of halogens is 6. The Morgan fingerprint density at radius 1 is 1.27 bits per heavy atom. The molecule has 0 spiro atoms. The first-order valence-corrected chi connectivity index (χ1v) is 7.47. The molecule has 0 aliphatic carbocycles. The molecular weight excluding hydrogens is 366 g/mol. The van der Waals surface area contributed by atoms with Gasteiger partial charge in [-0.05, 0) is 5.56 Å². The minimum absolute atomic E-state index is 0.0245. The van der Waals surface area contributed by atoms with E-state index in [1.54, 1.807) is 0 Å². The normalized spacial score (nSPS) is 19.3. The molecule has 1 N–H and O–H groups in total. The SMILES string of the molecule is CN1c2c(c3c(c(C(F)(F)F)c2C=O)NC(=O)C3)C=CC1CC(F)(F)F. The van der Waals surface area contributed by atoms with Crippen molar-refractivity contribution >= 4 is 29.6 Å². The smallest absolute Gasteiger partial charge is 0.367 e. The van der Waals surface area contributed by atoms with E-state index < -0.39 is 47.5 Å². The number of benzene rings is 1. The molecule has 0 aromatic heterocycles. The van der Waals surface area contributed by atoms with Crippen LogP contribution in [0.2, 0.25) is 0 Å². The zero-order valence-electron chi connectivity index (χ0n) is 13.3. The fraction of sp³-hybridized carbons (Fsp3) is 0.375. The molecule has 1 unspecified atom stereocenters. The van der Waals surface area contributed by atoms with Crippen LogP contribution in [0.4, 0.5) is 37.7 Å². The number of amides is 1. The van der Waals surface area contributed by atoms with Crippen LogP contribution in [0.25, 0.3) is 6.08 Å². The lowest BCUT2D eigenvalue weighted by Gasteiger charge is -2.35. The number of aldehydes is 1. The number of fused-ring (bicyclic) bond motifs is 3. The molecule has 0 fully saturated rings. The monoisotopic (exact) mass is 378 g/mol. The van der Waals surface area contributed by atoms with Gasteiger partial charge in [0.15, 0.2) is 6.29 Å². The topological polar surface area (TPSA) is 49.4 Å². The molecule has 0 radical (unpaired) electrons. The zero-order valence-corrected chi connectivity index (χ0v) is 13.3. The van der Waals surface area contributed by atoms with Gasteiger partial charge in [-0.3, -0.25) is 9.59 Å². The van der Waals surface area contributed by atoms with E-state index in [-0.39, 0.29) is 29.5 Å². The van der Waals surface area contributed by atoms with Crippen molar-refractivity contribution in [3.8, 4) is 0 Å². The highest BCUT2D eigenvalue weighted by atomic mass is 19.4. The second-order valence-corrected chi connectivity index (χ2v) is 6.10. The van der Waals surface area contributed by atoms with Gasteiger partial charge in [0, 0.05) is 12.6 Å². The minimum atomic E-state index is -4.96. The number of alkyl halides is 6. The first-order valence-electron chi connectivity index (χ1n) is 7.47. The van der Waals surface area contributed by atoms with Gasteiger partial charge in [-0.1, -0.05) is 12.2 Å². The third-order valence-electron chi connectivity index (χ3n) is 4.44. The highest BCUT2D eigenvalue weighted by Gasteiger charge is 2.44. The van der Waals surface area contributed by atoms with Crippen LogP contribution in [0.15, 0.2) is 6.08 Å². The number of carbonyl (C=O) groups excluding carboxylic acids is 2. The van der Waals surface area contributed by atoms with Gasteiger partial charge in [0.05, 0.1) is 41.4 Å². The van der Waals surface area contributed by atoms with Crippen LogP contribution in [0.1, 0.15) is 33.5 Å². The van der Waals surface area contributed by atoms with E-state index in [9.17, 15) is 35.9 Å². The van der Waals surface area contributed by atoms with Gasteiger partial charge < -0.3 is 10.2 Å². The van der Waals surface area contributed by atoms with Crippen molar-refractivity contribution in [3.05, 3.63) is 28.3 Å². The predicted molar refractivity (Wildman–Crippen MR) is 81.1 cm³/mol. The lowest BCUT2D eigenvalue weighted by molar-refractivity contribution is -0.138. The fourth-order valence-electron chi connectivity index (χ4n) is 3.41. The number of nitrogens with one attached hydrogen (secondary N) is 1. The van der Waals surface area contributed by atoms with Crippen LogP contribution in [-0.2, 0) is 17.4 Å². The molecule has 10 heteroatoms. The lowest BCUT2D eigenvalue weighted by atomic mass is 9.89. The van der Waals surface area contributed by atoms with E-state index in [2.05, 4.69) is 5.32 Å². The molecule has 2 heterocycles. The van der Waals surface area contributed by atoms with Crippen molar-refractivity contribution in [2.75, 3.05) is 17.3 Å². The van der Waals surface area contributed by atoms with Crippen LogP contribution >= 0.6 is 0 Å². The molecule has 2 aliphatic rings. The average Bonchev–Trinajstić information content (AvgIpc) is 2.86. The van der Waals surface area contributed by atoms with Crippen molar-refractivity contribution in [2.45, 2.75) is 31.2 Å². The lowest BCUT2D eigenvalue weighted by Crippen LogP contribution is -2.37. The summed E-state index contributed by atoms with van der Waals surface area (Å²) in [5, 5.41) is 2.11. The van der Waals surface area contributed by atoms with Crippen LogP contribution in [0, 0.1) is 0 Å². The largest absolute Gasteiger partial charge is 0.419 e. The Balaban J connectivity index is 2.27. The molecule has 3 rings (SSSR count). The summed E-state index contributed by atoms with van der Waals surface area (Å²) in [7, 11) is 1.20. The minimum Gasteiger partial charge on any atom is -0.367 e. The summed E-state index contributed by atoms with van der Waals surface area (Å²) < 4.78 is 78.9. The van der Waals surface area contributed by atoms with E-state index in [0.717, 1.165) is 4.90 Å². The first kappa shape index (κ1) is 18.3. The molecule has 0 bridgehead atoms. The average molecular weight is 378 g/mol. The first-order chi connectivity index (χ1) is 11.9. The van der Waals surface area contributed by atoms with Gasteiger partial charge in [0.1, 0.15) is 0 Å². The third-order valence-corrected chi connectivity index (χ3v) is 4.44. The van der Waals surface area contributed by atoms with E-state index >= 15 is 0 Å². The summed E-state index contributed by atoms with van der Waals surface area (Å²) in [4.78, 5) is 24.1. The van der Waals surface area contributed by atoms with Gasteiger partial charge >= 0.3 is 12.4 Å². The summed E-state index contributed by atoms with van der Waals surface area (Å²) >= 11 is 0. The summed E-state index contributed by atoms with van der Waals surface area (Å²) in [6.45, 7) is 0. The second kappa shape index (κ2) is 5.75. The maximum absolute atomic E-state index is 13.6. The summed E-state index contributed by atoms with van der Waals surface area (Å²) in [6.07, 6.45) is -8.71. The zero-order chi connectivity index (χ0) is 19.4. The fourth-order valence-corrected chi connectivity index (χ4v) is 3.41. The third kappa shape index (κ3) is 2.93. The van der Waals surface area contributed by atoms with Crippen LogP contribution in [0.5, 0.6) is 0 Å². The molecular formula is C16H12F6N2O2. The van der Waals surface area contributed by atoms with E-state index in [0.29, 0.717) is 0 Å². The molecule has 1 atom stereocenters. The maximum atomic E-state index is 13.6. The Kier molecular flexibility index (Phi) is 4.04. The Hall–Kier alpha value is -2.52. The van der Waals surface area contributed by atoms with Gasteiger partial charge in [-0.25, -0.2) is 0 Å². The highest BCUT2D eigenvalue weighted by molar-refractivity contribution is 6.07. The Morgan fingerprint density at radius 3 is 2.46 bits per heavy atom. The number of rotatable bonds is 2.